The van der Waals surface area contributed by atoms with E-state index in [-0.39, 0.29) is 5.75 Å². The first-order valence-electron chi connectivity index (χ1n) is 6.79. The normalized spacial score (nSPS) is 18.1. The minimum Gasteiger partial charge on any atom is -0.497 e. The van der Waals surface area contributed by atoms with Crippen molar-refractivity contribution in [3.63, 3.8) is 0 Å². The van der Waals surface area contributed by atoms with Crippen LogP contribution in [0.25, 0.3) is 0 Å². The topological polar surface area (TPSA) is 49.9 Å². The van der Waals surface area contributed by atoms with E-state index in [0.29, 0.717) is 17.2 Å². The summed E-state index contributed by atoms with van der Waals surface area (Å²) in [4.78, 5) is 4.80. The van der Waals surface area contributed by atoms with Gasteiger partial charge in [0.2, 0.25) is 0 Å². The van der Waals surface area contributed by atoms with Crippen LogP contribution in [-0.4, -0.2) is 70.9 Å². The van der Waals surface area contributed by atoms with Gasteiger partial charge in [0, 0.05) is 32.7 Å². The quantitative estimate of drug-likeness (QED) is 0.801. The maximum Gasteiger partial charge on any atom is 0.179 e. The zero-order valence-electron chi connectivity index (χ0n) is 12.1. The summed E-state index contributed by atoms with van der Waals surface area (Å²) in [5, 5.41) is 0. The van der Waals surface area contributed by atoms with Crippen LogP contribution >= 0.6 is 0 Å². The number of ether oxygens (including phenoxy) is 1. The van der Waals surface area contributed by atoms with Crippen LogP contribution in [0.2, 0.25) is 0 Å². The fourth-order valence-corrected chi connectivity index (χ4v) is 3.55. The molecule has 0 bridgehead atoms. The van der Waals surface area contributed by atoms with E-state index in [4.69, 9.17) is 4.74 Å². The zero-order valence-corrected chi connectivity index (χ0v) is 12.9. The van der Waals surface area contributed by atoms with Gasteiger partial charge in [0.15, 0.2) is 9.84 Å². The first-order chi connectivity index (χ1) is 9.51. The Labute approximate surface area is 121 Å². The molecule has 0 saturated carbocycles. The molecule has 1 saturated heterocycles. The SMILES string of the molecule is COc1cccc(S(=O)(=O)CCN2CCN(C)CC2)c1. The molecule has 112 valence electrons. The van der Waals surface area contributed by atoms with E-state index >= 15 is 0 Å². The summed E-state index contributed by atoms with van der Waals surface area (Å²) in [7, 11) is 0.384. The first-order valence-corrected chi connectivity index (χ1v) is 8.44. The van der Waals surface area contributed by atoms with E-state index in [1.54, 1.807) is 24.3 Å². The van der Waals surface area contributed by atoms with Crippen molar-refractivity contribution in [2.45, 2.75) is 4.90 Å². The number of hydrogen-bond acceptors (Lipinski definition) is 5. The van der Waals surface area contributed by atoms with Crippen molar-refractivity contribution in [2.24, 2.45) is 0 Å². The van der Waals surface area contributed by atoms with E-state index in [9.17, 15) is 8.42 Å². The summed E-state index contributed by atoms with van der Waals surface area (Å²) in [6, 6.07) is 6.67. The van der Waals surface area contributed by atoms with Crippen molar-refractivity contribution in [1.82, 2.24) is 9.80 Å². The van der Waals surface area contributed by atoms with Crippen molar-refractivity contribution < 1.29 is 13.2 Å². The number of likely N-dealkylation sites (N-methyl/N-ethyl adjacent to an activating group) is 1. The molecule has 0 atom stereocenters. The highest BCUT2D eigenvalue weighted by molar-refractivity contribution is 7.91. The van der Waals surface area contributed by atoms with E-state index in [2.05, 4.69) is 16.8 Å². The Balaban J connectivity index is 1.96. The number of hydrogen-bond donors (Lipinski definition) is 0. The third-order valence-electron chi connectivity index (χ3n) is 3.67. The third-order valence-corrected chi connectivity index (χ3v) is 5.36. The van der Waals surface area contributed by atoms with Crippen molar-refractivity contribution in [2.75, 3.05) is 52.6 Å². The van der Waals surface area contributed by atoms with Crippen molar-refractivity contribution in [3.8, 4) is 5.75 Å². The molecule has 1 aliphatic rings. The molecule has 5 nitrogen and oxygen atoms in total. The Morgan fingerprint density at radius 1 is 1.20 bits per heavy atom. The lowest BCUT2D eigenvalue weighted by atomic mass is 10.3. The van der Waals surface area contributed by atoms with Crippen LogP contribution in [0.15, 0.2) is 29.2 Å². The minimum atomic E-state index is -3.24. The van der Waals surface area contributed by atoms with Crippen LogP contribution in [0, 0.1) is 0 Å². The van der Waals surface area contributed by atoms with Crippen molar-refractivity contribution >= 4 is 9.84 Å². The molecule has 20 heavy (non-hydrogen) atoms. The molecule has 2 rings (SSSR count). The molecule has 0 unspecified atom stereocenters. The van der Waals surface area contributed by atoms with E-state index in [0.717, 1.165) is 26.2 Å². The maximum atomic E-state index is 12.3. The largest absolute Gasteiger partial charge is 0.497 e. The molecular formula is C14H22N2O3S. The Bertz CT molecular complexity index is 537. The van der Waals surface area contributed by atoms with Gasteiger partial charge < -0.3 is 9.64 Å². The lowest BCUT2D eigenvalue weighted by Crippen LogP contribution is -2.45. The number of rotatable bonds is 5. The molecule has 0 N–H and O–H groups in total. The van der Waals surface area contributed by atoms with Gasteiger partial charge >= 0.3 is 0 Å². The predicted octanol–water partition coefficient (Wildman–Crippen LogP) is 0.716. The summed E-state index contributed by atoms with van der Waals surface area (Å²) in [6.45, 7) is 4.46. The van der Waals surface area contributed by atoms with Gasteiger partial charge in [-0.2, -0.15) is 0 Å². The minimum absolute atomic E-state index is 0.157. The Morgan fingerprint density at radius 3 is 2.55 bits per heavy atom. The first kappa shape index (κ1) is 15.3. The number of piperazine rings is 1. The second-order valence-corrected chi connectivity index (χ2v) is 7.25. The standard InChI is InChI=1S/C14H22N2O3S/c1-15-6-8-16(9-7-15)10-11-20(17,18)14-5-3-4-13(12-14)19-2/h3-5,12H,6-11H2,1-2H3. The van der Waals surface area contributed by atoms with Crippen LogP contribution in [0.5, 0.6) is 5.75 Å². The highest BCUT2D eigenvalue weighted by Crippen LogP contribution is 2.18. The van der Waals surface area contributed by atoms with Gasteiger partial charge in [-0.1, -0.05) is 6.07 Å². The highest BCUT2D eigenvalue weighted by atomic mass is 32.2. The third kappa shape index (κ3) is 3.94. The van der Waals surface area contributed by atoms with Crippen molar-refractivity contribution in [3.05, 3.63) is 24.3 Å². The average Bonchev–Trinajstić information content (AvgIpc) is 2.47. The molecule has 0 aromatic heterocycles. The Hall–Kier alpha value is -1.11. The smallest absolute Gasteiger partial charge is 0.179 e. The van der Waals surface area contributed by atoms with Gasteiger partial charge in [0.1, 0.15) is 5.75 Å². The molecule has 1 aliphatic heterocycles. The number of nitrogens with zero attached hydrogens (tertiary/aromatic N) is 2. The molecule has 1 aromatic rings. The van der Waals surface area contributed by atoms with E-state index in [1.807, 2.05) is 0 Å². The fraction of sp³-hybridized carbons (Fsp3) is 0.571. The summed E-state index contributed by atoms with van der Waals surface area (Å²) in [5.74, 6) is 0.731. The number of benzene rings is 1. The van der Waals surface area contributed by atoms with Gasteiger partial charge in [-0.25, -0.2) is 8.42 Å². The van der Waals surface area contributed by atoms with E-state index in [1.165, 1.54) is 7.11 Å². The Morgan fingerprint density at radius 2 is 1.90 bits per heavy atom. The molecule has 6 heteroatoms. The van der Waals surface area contributed by atoms with E-state index < -0.39 is 9.84 Å². The summed E-state index contributed by atoms with van der Waals surface area (Å²) in [6.07, 6.45) is 0. The van der Waals surface area contributed by atoms with Crippen LogP contribution in [0.1, 0.15) is 0 Å². The zero-order chi connectivity index (χ0) is 14.6. The second-order valence-electron chi connectivity index (χ2n) is 5.14. The van der Waals surface area contributed by atoms with Crippen LogP contribution in [0.4, 0.5) is 0 Å². The van der Waals surface area contributed by atoms with Crippen LogP contribution in [-0.2, 0) is 9.84 Å². The molecule has 1 aromatic carbocycles. The van der Waals surface area contributed by atoms with Gasteiger partial charge in [-0.3, -0.25) is 4.90 Å². The molecule has 1 heterocycles. The monoisotopic (exact) mass is 298 g/mol. The lowest BCUT2D eigenvalue weighted by Gasteiger charge is -2.32. The second kappa shape index (κ2) is 6.56. The molecule has 1 fully saturated rings. The van der Waals surface area contributed by atoms with Gasteiger partial charge in [0.05, 0.1) is 17.8 Å². The summed E-state index contributed by atoms with van der Waals surface area (Å²) in [5.41, 5.74) is 0. The lowest BCUT2D eigenvalue weighted by molar-refractivity contribution is 0.161. The summed E-state index contributed by atoms with van der Waals surface area (Å²) >= 11 is 0. The van der Waals surface area contributed by atoms with Crippen LogP contribution in [0.3, 0.4) is 0 Å². The molecule has 0 spiro atoms. The average molecular weight is 298 g/mol. The predicted molar refractivity (Wildman–Crippen MR) is 79.0 cm³/mol. The molecule has 0 amide bonds. The van der Waals surface area contributed by atoms with Gasteiger partial charge in [-0.05, 0) is 25.2 Å². The highest BCUT2D eigenvalue weighted by Gasteiger charge is 2.19. The van der Waals surface area contributed by atoms with Gasteiger partial charge in [0.25, 0.3) is 0 Å². The number of sulfone groups is 1. The van der Waals surface area contributed by atoms with Crippen LogP contribution < -0.4 is 4.74 Å². The maximum absolute atomic E-state index is 12.3. The fourth-order valence-electron chi connectivity index (χ4n) is 2.23. The van der Waals surface area contributed by atoms with Crippen molar-refractivity contribution in [1.29, 1.82) is 0 Å². The summed E-state index contributed by atoms with van der Waals surface area (Å²) < 4.78 is 29.7. The van der Waals surface area contributed by atoms with Gasteiger partial charge in [-0.15, -0.1) is 0 Å². The molecular weight excluding hydrogens is 276 g/mol. The molecule has 0 aliphatic carbocycles. The Kier molecular flexibility index (Phi) is 5.01. The number of methoxy groups -OCH3 is 1. The molecule has 0 radical (unpaired) electrons.